The predicted molar refractivity (Wildman–Crippen MR) is 118 cm³/mol. The van der Waals surface area contributed by atoms with Crippen molar-refractivity contribution in [3.05, 3.63) is 47.9 Å². The van der Waals surface area contributed by atoms with E-state index in [-0.39, 0.29) is 17.7 Å². The fraction of sp³-hybridized carbons (Fsp3) is 0.500. The summed E-state index contributed by atoms with van der Waals surface area (Å²) in [5, 5.41) is 0. The van der Waals surface area contributed by atoms with Crippen molar-refractivity contribution in [1.82, 2.24) is 9.80 Å². The highest BCUT2D eigenvalue weighted by atomic mass is 16.5. The molecule has 0 bridgehead atoms. The van der Waals surface area contributed by atoms with Crippen LogP contribution in [-0.2, 0) is 4.79 Å². The number of carbonyl (C=O) groups is 2. The second-order valence-corrected chi connectivity index (χ2v) is 8.19. The summed E-state index contributed by atoms with van der Waals surface area (Å²) in [7, 11) is 0. The normalized spacial score (nSPS) is 19.4. The van der Waals surface area contributed by atoms with E-state index >= 15 is 0 Å². The van der Waals surface area contributed by atoms with Crippen LogP contribution in [0.4, 0.5) is 5.69 Å². The summed E-state index contributed by atoms with van der Waals surface area (Å²) in [6, 6.07) is 9.78. The Morgan fingerprint density at radius 1 is 1.06 bits per heavy atom. The molecule has 3 heterocycles. The van der Waals surface area contributed by atoms with E-state index in [1.54, 1.807) is 24.2 Å². The molecule has 166 valence electrons. The topological polar surface area (TPSA) is 66.2 Å². The summed E-state index contributed by atoms with van der Waals surface area (Å²) in [4.78, 5) is 32.1. The van der Waals surface area contributed by atoms with Gasteiger partial charge in [0.05, 0.1) is 30.0 Å². The maximum Gasteiger partial charge on any atom is 0.257 e. The Morgan fingerprint density at radius 3 is 2.55 bits per heavy atom. The van der Waals surface area contributed by atoms with Gasteiger partial charge in [-0.2, -0.15) is 0 Å². The molecule has 2 aliphatic rings. The molecule has 1 aromatic carbocycles. The first-order valence-corrected chi connectivity index (χ1v) is 11.2. The van der Waals surface area contributed by atoms with E-state index in [0.29, 0.717) is 44.1 Å². The minimum atomic E-state index is -0.132. The summed E-state index contributed by atoms with van der Waals surface area (Å²) in [5.74, 6) is 1.51. The van der Waals surface area contributed by atoms with E-state index in [0.717, 1.165) is 37.4 Å². The van der Waals surface area contributed by atoms with Crippen molar-refractivity contribution in [1.29, 1.82) is 0 Å². The van der Waals surface area contributed by atoms with E-state index in [1.165, 1.54) is 0 Å². The fourth-order valence-corrected chi connectivity index (χ4v) is 4.56. The van der Waals surface area contributed by atoms with Crippen LogP contribution in [0, 0.1) is 12.8 Å². The van der Waals surface area contributed by atoms with Crippen LogP contribution in [0.2, 0.25) is 0 Å². The minimum Gasteiger partial charge on any atom is -0.492 e. The average molecular weight is 426 g/mol. The van der Waals surface area contributed by atoms with Crippen LogP contribution in [0.1, 0.15) is 35.9 Å². The van der Waals surface area contributed by atoms with E-state index in [1.807, 2.05) is 30.0 Å². The summed E-state index contributed by atoms with van der Waals surface area (Å²) in [6.45, 7) is 8.51. The predicted octanol–water partition coefficient (Wildman–Crippen LogP) is 3.19. The zero-order valence-corrected chi connectivity index (χ0v) is 18.4. The molecule has 1 atom stereocenters. The number of piperazine rings is 1. The number of piperidine rings is 1. The highest BCUT2D eigenvalue weighted by molar-refractivity contribution is 5.95. The molecule has 2 fully saturated rings. The maximum atomic E-state index is 13.2. The Morgan fingerprint density at radius 2 is 1.84 bits per heavy atom. The molecule has 0 spiro atoms. The summed E-state index contributed by atoms with van der Waals surface area (Å²) >= 11 is 0. The Labute approximate surface area is 183 Å². The SMILES string of the molecule is CCOc1ccccc1N1CCN(C(=O)[C@@H]2CCCN(C(=O)c3ccoc3C)C2)CC1. The molecule has 0 unspecified atom stereocenters. The van der Waals surface area contributed by atoms with Crippen LogP contribution in [0.3, 0.4) is 0 Å². The van der Waals surface area contributed by atoms with Gasteiger partial charge in [0.15, 0.2) is 0 Å². The van der Waals surface area contributed by atoms with E-state index in [2.05, 4.69) is 11.0 Å². The lowest BCUT2D eigenvalue weighted by Crippen LogP contribution is -2.53. The Bertz CT molecular complexity index is 917. The van der Waals surface area contributed by atoms with Gasteiger partial charge in [0.25, 0.3) is 5.91 Å². The molecule has 31 heavy (non-hydrogen) atoms. The molecule has 4 rings (SSSR count). The number of benzene rings is 1. The quantitative estimate of drug-likeness (QED) is 0.736. The summed E-state index contributed by atoms with van der Waals surface area (Å²) in [6.07, 6.45) is 3.22. The van der Waals surface area contributed by atoms with Crippen molar-refractivity contribution in [2.24, 2.45) is 5.92 Å². The number of aryl methyl sites for hydroxylation is 1. The number of para-hydroxylation sites is 2. The van der Waals surface area contributed by atoms with Crippen LogP contribution >= 0.6 is 0 Å². The standard InChI is InChI=1S/C24H31N3O4/c1-3-30-22-9-5-4-8-21(22)25-12-14-26(15-13-25)23(28)19-7-6-11-27(17-19)24(29)20-10-16-31-18(20)2/h4-5,8-10,16,19H,3,6-7,11-15,17H2,1-2H3/t19-/m1/s1. The molecule has 7 nitrogen and oxygen atoms in total. The fourth-order valence-electron chi connectivity index (χ4n) is 4.56. The lowest BCUT2D eigenvalue weighted by atomic mass is 9.95. The van der Waals surface area contributed by atoms with Gasteiger partial charge in [-0.25, -0.2) is 0 Å². The van der Waals surface area contributed by atoms with Crippen molar-refractivity contribution in [2.45, 2.75) is 26.7 Å². The van der Waals surface area contributed by atoms with Gasteiger partial charge in [0, 0.05) is 39.3 Å². The molecule has 0 N–H and O–H groups in total. The minimum absolute atomic E-state index is 0.0406. The Balaban J connectivity index is 1.35. The van der Waals surface area contributed by atoms with Crippen molar-refractivity contribution in [3.63, 3.8) is 0 Å². The molecule has 2 aromatic rings. The molecule has 2 aliphatic heterocycles. The molecule has 0 aliphatic carbocycles. The maximum absolute atomic E-state index is 13.2. The van der Waals surface area contributed by atoms with Crippen molar-refractivity contribution >= 4 is 17.5 Å². The second kappa shape index (κ2) is 9.45. The number of hydrogen-bond donors (Lipinski definition) is 0. The van der Waals surface area contributed by atoms with Crippen molar-refractivity contribution in [3.8, 4) is 5.75 Å². The first-order chi connectivity index (χ1) is 15.1. The number of furan rings is 1. The van der Waals surface area contributed by atoms with Gasteiger partial charge in [-0.3, -0.25) is 9.59 Å². The Hall–Kier alpha value is -2.96. The molecule has 0 saturated carbocycles. The first-order valence-electron chi connectivity index (χ1n) is 11.2. The third-order valence-electron chi connectivity index (χ3n) is 6.24. The zero-order chi connectivity index (χ0) is 21.8. The second-order valence-electron chi connectivity index (χ2n) is 8.19. The lowest BCUT2D eigenvalue weighted by Gasteiger charge is -2.40. The number of hydrogen-bond acceptors (Lipinski definition) is 5. The van der Waals surface area contributed by atoms with Crippen LogP contribution in [0.5, 0.6) is 5.75 Å². The number of nitrogens with zero attached hydrogens (tertiary/aromatic N) is 3. The van der Waals surface area contributed by atoms with Gasteiger partial charge in [0.1, 0.15) is 11.5 Å². The largest absolute Gasteiger partial charge is 0.492 e. The highest BCUT2D eigenvalue weighted by Gasteiger charge is 2.33. The third kappa shape index (κ3) is 4.55. The molecular formula is C24H31N3O4. The van der Waals surface area contributed by atoms with Crippen LogP contribution in [-0.4, -0.2) is 67.5 Å². The number of rotatable bonds is 5. The first kappa shape index (κ1) is 21.3. The number of likely N-dealkylation sites (tertiary alicyclic amines) is 1. The van der Waals surface area contributed by atoms with Gasteiger partial charge >= 0.3 is 0 Å². The molecular weight excluding hydrogens is 394 g/mol. The molecule has 0 radical (unpaired) electrons. The van der Waals surface area contributed by atoms with Gasteiger partial charge in [0.2, 0.25) is 5.91 Å². The highest BCUT2D eigenvalue weighted by Crippen LogP contribution is 2.29. The van der Waals surface area contributed by atoms with E-state index in [9.17, 15) is 9.59 Å². The van der Waals surface area contributed by atoms with Gasteiger partial charge in [-0.1, -0.05) is 12.1 Å². The summed E-state index contributed by atoms with van der Waals surface area (Å²) < 4.78 is 11.0. The molecule has 2 saturated heterocycles. The van der Waals surface area contributed by atoms with E-state index in [4.69, 9.17) is 9.15 Å². The monoisotopic (exact) mass is 425 g/mol. The van der Waals surface area contributed by atoms with Crippen LogP contribution < -0.4 is 9.64 Å². The van der Waals surface area contributed by atoms with Crippen LogP contribution in [0.25, 0.3) is 0 Å². The zero-order valence-electron chi connectivity index (χ0n) is 18.4. The Kier molecular flexibility index (Phi) is 6.49. The molecule has 2 amide bonds. The van der Waals surface area contributed by atoms with Crippen molar-refractivity contribution in [2.75, 3.05) is 50.8 Å². The van der Waals surface area contributed by atoms with E-state index < -0.39 is 0 Å². The smallest absolute Gasteiger partial charge is 0.257 e. The third-order valence-corrected chi connectivity index (χ3v) is 6.24. The number of ether oxygens (including phenoxy) is 1. The lowest BCUT2D eigenvalue weighted by molar-refractivity contribution is -0.137. The number of anilines is 1. The van der Waals surface area contributed by atoms with Gasteiger partial charge in [-0.15, -0.1) is 0 Å². The molecule has 7 heteroatoms. The average Bonchev–Trinajstić information content (AvgIpc) is 3.25. The van der Waals surface area contributed by atoms with Gasteiger partial charge < -0.3 is 23.9 Å². The molecule has 1 aromatic heterocycles. The summed E-state index contributed by atoms with van der Waals surface area (Å²) in [5.41, 5.74) is 1.68. The number of amides is 2. The van der Waals surface area contributed by atoms with Gasteiger partial charge in [-0.05, 0) is 44.9 Å². The van der Waals surface area contributed by atoms with Crippen LogP contribution in [0.15, 0.2) is 41.0 Å². The number of carbonyl (C=O) groups excluding carboxylic acids is 2. The van der Waals surface area contributed by atoms with Crippen molar-refractivity contribution < 1.29 is 18.7 Å².